The van der Waals surface area contributed by atoms with E-state index in [0.717, 1.165) is 34.4 Å². The number of aromatic nitrogens is 1. The zero-order valence-corrected chi connectivity index (χ0v) is 16.4. The Bertz CT molecular complexity index is 957. The monoisotopic (exact) mass is 384 g/mol. The van der Waals surface area contributed by atoms with Crippen molar-refractivity contribution in [2.45, 2.75) is 20.8 Å². The fourth-order valence-corrected chi connectivity index (χ4v) is 4.00. The number of likely N-dealkylation sites (N-methyl/N-ethyl adjacent to an activating group) is 1. The highest BCUT2D eigenvalue weighted by molar-refractivity contribution is 8.18. The topological polar surface area (TPSA) is 68.6 Å². The number of rotatable bonds is 4. The van der Waals surface area contributed by atoms with Gasteiger partial charge in [-0.3, -0.25) is 14.5 Å². The van der Waals surface area contributed by atoms with E-state index >= 15 is 0 Å². The van der Waals surface area contributed by atoms with Gasteiger partial charge in [-0.25, -0.2) is 4.79 Å². The highest BCUT2D eigenvalue weighted by Crippen LogP contribution is 2.33. The lowest BCUT2D eigenvalue weighted by Gasteiger charge is -2.10. The third kappa shape index (κ3) is 3.42. The summed E-state index contributed by atoms with van der Waals surface area (Å²) >= 11 is 0.966. The van der Waals surface area contributed by atoms with Crippen molar-refractivity contribution in [3.63, 3.8) is 0 Å². The molecule has 0 saturated carbocycles. The number of aryl methyl sites for hydroxylation is 1. The summed E-state index contributed by atoms with van der Waals surface area (Å²) in [6.07, 6.45) is 1.77. The van der Waals surface area contributed by atoms with Gasteiger partial charge in [0.15, 0.2) is 0 Å². The van der Waals surface area contributed by atoms with E-state index in [0.29, 0.717) is 17.0 Å². The van der Waals surface area contributed by atoms with Crippen LogP contribution in [0.25, 0.3) is 11.8 Å². The molecule has 0 atom stereocenters. The molecule has 3 rings (SSSR count). The normalized spacial score (nSPS) is 15.7. The lowest BCUT2D eigenvalue weighted by atomic mass is 10.2. The Morgan fingerprint density at radius 1 is 1.19 bits per heavy atom. The summed E-state index contributed by atoms with van der Waals surface area (Å²) in [7, 11) is 1.35. The maximum atomic E-state index is 12.3. The van der Waals surface area contributed by atoms with Gasteiger partial charge >= 0.3 is 5.97 Å². The molecule has 7 heteroatoms. The molecule has 1 aromatic carbocycles. The van der Waals surface area contributed by atoms with E-state index in [-0.39, 0.29) is 17.1 Å². The fraction of sp³-hybridized carbons (Fsp3) is 0.250. The van der Waals surface area contributed by atoms with Gasteiger partial charge in [-0.15, -0.1) is 0 Å². The number of amides is 2. The molecular formula is C20H20N2O4S. The van der Waals surface area contributed by atoms with Crippen molar-refractivity contribution in [2.24, 2.45) is 0 Å². The van der Waals surface area contributed by atoms with Gasteiger partial charge in [-0.05, 0) is 74.5 Å². The van der Waals surface area contributed by atoms with Crippen LogP contribution in [0.5, 0.6) is 0 Å². The predicted molar refractivity (Wildman–Crippen MR) is 105 cm³/mol. The number of carbonyl (C=O) groups is 3. The standard InChI is InChI=1S/C20H20N2O4S/c1-5-21-18(23)17(27-20(21)25)11-15-10-12(2)22(13(15)3)16-8-6-14(7-9-16)19(24)26-4/h6-11H,5H2,1-4H3. The number of methoxy groups -OCH3 is 1. The van der Waals surface area contributed by atoms with Crippen molar-refractivity contribution < 1.29 is 19.1 Å². The van der Waals surface area contributed by atoms with Gasteiger partial charge in [-0.1, -0.05) is 0 Å². The first-order valence-corrected chi connectivity index (χ1v) is 9.32. The van der Waals surface area contributed by atoms with Crippen LogP contribution in [0, 0.1) is 13.8 Å². The Kier molecular flexibility index (Phi) is 5.23. The van der Waals surface area contributed by atoms with Crippen molar-refractivity contribution in [1.29, 1.82) is 0 Å². The van der Waals surface area contributed by atoms with E-state index < -0.39 is 0 Å². The van der Waals surface area contributed by atoms with Crippen LogP contribution in [0.1, 0.15) is 34.2 Å². The average molecular weight is 384 g/mol. The maximum Gasteiger partial charge on any atom is 0.337 e. The van der Waals surface area contributed by atoms with Gasteiger partial charge in [0.25, 0.3) is 11.1 Å². The van der Waals surface area contributed by atoms with E-state index in [1.54, 1.807) is 25.1 Å². The number of ether oxygens (including phenoxy) is 1. The fourth-order valence-electron chi connectivity index (χ4n) is 3.11. The first-order chi connectivity index (χ1) is 12.9. The molecule has 0 radical (unpaired) electrons. The zero-order valence-electron chi connectivity index (χ0n) is 15.6. The Morgan fingerprint density at radius 3 is 2.41 bits per heavy atom. The molecule has 0 bridgehead atoms. The summed E-state index contributed by atoms with van der Waals surface area (Å²) in [6, 6.07) is 9.10. The molecule has 2 heterocycles. The number of esters is 1. The highest BCUT2D eigenvalue weighted by atomic mass is 32.2. The molecule has 27 heavy (non-hydrogen) atoms. The predicted octanol–water partition coefficient (Wildman–Crippen LogP) is 3.94. The summed E-state index contributed by atoms with van der Waals surface area (Å²) in [5.41, 5.74) is 4.20. The lowest BCUT2D eigenvalue weighted by Crippen LogP contribution is -2.27. The number of hydrogen-bond donors (Lipinski definition) is 0. The summed E-state index contributed by atoms with van der Waals surface area (Å²) in [6.45, 7) is 6.07. The van der Waals surface area contributed by atoms with Crippen LogP contribution < -0.4 is 0 Å². The first-order valence-electron chi connectivity index (χ1n) is 8.50. The van der Waals surface area contributed by atoms with Crippen LogP contribution in [-0.2, 0) is 9.53 Å². The second-order valence-corrected chi connectivity index (χ2v) is 7.12. The van der Waals surface area contributed by atoms with Crippen molar-refractivity contribution in [1.82, 2.24) is 9.47 Å². The minimum Gasteiger partial charge on any atom is -0.465 e. The van der Waals surface area contributed by atoms with Crippen LogP contribution in [-0.4, -0.2) is 40.2 Å². The number of thioether (sulfide) groups is 1. The molecule has 0 N–H and O–H groups in total. The zero-order chi connectivity index (χ0) is 19.7. The van der Waals surface area contributed by atoms with Gasteiger partial charge in [0.05, 0.1) is 17.6 Å². The molecule has 2 amide bonds. The molecular weight excluding hydrogens is 364 g/mol. The summed E-state index contributed by atoms with van der Waals surface area (Å²) in [4.78, 5) is 37.5. The summed E-state index contributed by atoms with van der Waals surface area (Å²) < 4.78 is 6.76. The second kappa shape index (κ2) is 7.44. The second-order valence-electron chi connectivity index (χ2n) is 6.13. The molecule has 2 aromatic rings. The van der Waals surface area contributed by atoms with Crippen LogP contribution in [0.3, 0.4) is 0 Å². The largest absolute Gasteiger partial charge is 0.465 e. The maximum absolute atomic E-state index is 12.3. The molecule has 0 spiro atoms. The SMILES string of the molecule is CCN1C(=O)SC(=Cc2cc(C)n(-c3ccc(C(=O)OC)cc3)c2C)C1=O. The highest BCUT2D eigenvalue weighted by Gasteiger charge is 2.33. The lowest BCUT2D eigenvalue weighted by molar-refractivity contribution is -0.122. The Balaban J connectivity index is 1.96. The molecule has 1 aliphatic rings. The van der Waals surface area contributed by atoms with Crippen LogP contribution in [0.15, 0.2) is 35.2 Å². The third-order valence-electron chi connectivity index (χ3n) is 4.49. The number of benzene rings is 1. The van der Waals surface area contributed by atoms with E-state index in [1.165, 1.54) is 12.0 Å². The molecule has 6 nitrogen and oxygen atoms in total. The van der Waals surface area contributed by atoms with Crippen LogP contribution >= 0.6 is 11.8 Å². The van der Waals surface area contributed by atoms with Crippen molar-refractivity contribution in [3.8, 4) is 5.69 Å². The van der Waals surface area contributed by atoms with E-state index in [2.05, 4.69) is 0 Å². The number of imide groups is 1. The van der Waals surface area contributed by atoms with Crippen molar-refractivity contribution in [2.75, 3.05) is 13.7 Å². The van der Waals surface area contributed by atoms with Gasteiger partial charge < -0.3 is 9.30 Å². The molecule has 1 fully saturated rings. The van der Waals surface area contributed by atoms with Crippen molar-refractivity contribution in [3.05, 3.63) is 57.8 Å². The molecule has 1 aromatic heterocycles. The number of carbonyl (C=O) groups excluding carboxylic acids is 3. The number of hydrogen-bond acceptors (Lipinski definition) is 5. The molecule has 0 aliphatic carbocycles. The Labute approximate surface area is 161 Å². The summed E-state index contributed by atoms with van der Waals surface area (Å²) in [5.74, 6) is -0.630. The minimum atomic E-state index is -0.380. The van der Waals surface area contributed by atoms with Gasteiger partial charge in [0, 0.05) is 23.6 Å². The molecule has 0 unspecified atom stereocenters. The first kappa shape index (κ1) is 19.0. The van der Waals surface area contributed by atoms with E-state index in [9.17, 15) is 14.4 Å². The molecule has 1 aliphatic heterocycles. The minimum absolute atomic E-state index is 0.235. The van der Waals surface area contributed by atoms with Gasteiger partial charge in [0.1, 0.15) is 0 Å². The third-order valence-corrected chi connectivity index (χ3v) is 5.40. The van der Waals surface area contributed by atoms with Crippen LogP contribution in [0.4, 0.5) is 4.79 Å². The average Bonchev–Trinajstić information content (AvgIpc) is 3.09. The van der Waals surface area contributed by atoms with Gasteiger partial charge in [-0.2, -0.15) is 0 Å². The quantitative estimate of drug-likeness (QED) is 0.590. The summed E-state index contributed by atoms with van der Waals surface area (Å²) in [5, 5.41) is -0.235. The van der Waals surface area contributed by atoms with Crippen LogP contribution in [0.2, 0.25) is 0 Å². The molecule has 140 valence electrons. The van der Waals surface area contributed by atoms with E-state index in [4.69, 9.17) is 4.74 Å². The van der Waals surface area contributed by atoms with Crippen molar-refractivity contribution >= 4 is 35.0 Å². The van der Waals surface area contributed by atoms with E-state index in [1.807, 2.05) is 36.6 Å². The molecule has 1 saturated heterocycles. The van der Waals surface area contributed by atoms with Gasteiger partial charge in [0.2, 0.25) is 0 Å². The number of nitrogens with zero attached hydrogens (tertiary/aromatic N) is 2. The smallest absolute Gasteiger partial charge is 0.337 e. The Hall–Kier alpha value is -2.80. The Morgan fingerprint density at radius 2 is 1.85 bits per heavy atom.